The minimum atomic E-state index is -4.51. The van der Waals surface area contributed by atoms with Crippen molar-refractivity contribution in [1.29, 1.82) is 0 Å². The van der Waals surface area contributed by atoms with Crippen molar-refractivity contribution >= 4 is 23.2 Å². The Balaban J connectivity index is 2.22. The summed E-state index contributed by atoms with van der Waals surface area (Å²) >= 11 is 5.72. The largest absolute Gasteiger partial charge is 0.506 e. The summed E-state index contributed by atoms with van der Waals surface area (Å²) in [6.45, 7) is 0. The van der Waals surface area contributed by atoms with Crippen molar-refractivity contribution in [2.45, 2.75) is 6.18 Å². The van der Waals surface area contributed by atoms with Gasteiger partial charge in [0.15, 0.2) is 0 Å². The first-order valence-corrected chi connectivity index (χ1v) is 5.97. The van der Waals surface area contributed by atoms with Crippen LogP contribution in [-0.2, 0) is 6.18 Å². The third kappa shape index (κ3) is 3.63. The van der Waals surface area contributed by atoms with Gasteiger partial charge in [0.05, 0.1) is 28.0 Å². The fraction of sp³-hybridized carbons (Fsp3) is 0.0769. The highest BCUT2D eigenvalue weighted by molar-refractivity contribution is 6.34. The molecule has 2 aromatic rings. The summed E-state index contributed by atoms with van der Waals surface area (Å²) in [6.07, 6.45) is -2.17. The number of halogens is 4. The normalized spacial score (nSPS) is 11.2. The summed E-state index contributed by atoms with van der Waals surface area (Å²) < 4.78 is 37.5. The van der Waals surface area contributed by atoms with E-state index >= 15 is 0 Å². The number of benzene rings is 1. The Morgan fingerprint density at radius 2 is 1.95 bits per heavy atom. The fourth-order valence-electron chi connectivity index (χ4n) is 1.54. The second kappa shape index (κ2) is 5.61. The maximum atomic E-state index is 12.5. The van der Waals surface area contributed by atoms with E-state index in [1.807, 2.05) is 0 Å². The number of hydrogen-bond acceptors (Lipinski definition) is 3. The zero-order valence-corrected chi connectivity index (χ0v) is 11.0. The summed E-state index contributed by atoms with van der Waals surface area (Å²) in [4.78, 5) is 15.5. The Morgan fingerprint density at radius 1 is 1.24 bits per heavy atom. The second-order valence-corrected chi connectivity index (χ2v) is 4.49. The minimum absolute atomic E-state index is 0.0259. The van der Waals surface area contributed by atoms with Crippen LogP contribution in [-0.4, -0.2) is 16.0 Å². The van der Waals surface area contributed by atoms with E-state index in [-0.39, 0.29) is 22.0 Å². The van der Waals surface area contributed by atoms with Crippen LogP contribution in [0.3, 0.4) is 0 Å². The zero-order chi connectivity index (χ0) is 15.6. The summed E-state index contributed by atoms with van der Waals surface area (Å²) in [5.74, 6) is -0.860. The molecule has 0 aliphatic carbocycles. The Hall–Kier alpha value is -2.28. The van der Waals surface area contributed by atoms with Crippen LogP contribution in [0.25, 0.3) is 0 Å². The number of hydrogen-bond donors (Lipinski definition) is 2. The highest BCUT2D eigenvalue weighted by atomic mass is 35.5. The number of carbonyl (C=O) groups is 1. The van der Waals surface area contributed by atoms with Crippen LogP contribution in [0.1, 0.15) is 15.9 Å². The van der Waals surface area contributed by atoms with Crippen molar-refractivity contribution in [3.63, 3.8) is 0 Å². The van der Waals surface area contributed by atoms with Gasteiger partial charge in [-0.05, 0) is 24.3 Å². The average Bonchev–Trinajstić information content (AvgIpc) is 2.39. The van der Waals surface area contributed by atoms with E-state index in [4.69, 9.17) is 11.6 Å². The third-order valence-electron chi connectivity index (χ3n) is 2.53. The van der Waals surface area contributed by atoms with Crippen LogP contribution in [0.15, 0.2) is 36.7 Å². The molecule has 0 saturated carbocycles. The predicted octanol–water partition coefficient (Wildman–Crippen LogP) is 3.71. The lowest BCUT2D eigenvalue weighted by atomic mass is 10.2. The fourth-order valence-corrected chi connectivity index (χ4v) is 1.77. The van der Waals surface area contributed by atoms with Crippen LogP contribution in [0.2, 0.25) is 5.02 Å². The summed E-state index contributed by atoms with van der Waals surface area (Å²) in [5, 5.41) is 11.3. The molecule has 0 spiro atoms. The van der Waals surface area contributed by atoms with Crippen LogP contribution in [0.5, 0.6) is 5.75 Å². The number of amides is 1. The lowest BCUT2D eigenvalue weighted by Gasteiger charge is -2.11. The number of alkyl halides is 3. The van der Waals surface area contributed by atoms with E-state index in [1.54, 1.807) is 0 Å². The Morgan fingerprint density at radius 3 is 2.52 bits per heavy atom. The molecule has 1 aromatic heterocycles. The van der Waals surface area contributed by atoms with Gasteiger partial charge in [0.1, 0.15) is 5.75 Å². The number of carbonyl (C=O) groups excluding carboxylic acids is 1. The molecule has 0 radical (unpaired) electrons. The number of aromatic hydroxyl groups is 1. The van der Waals surface area contributed by atoms with Gasteiger partial charge in [-0.15, -0.1) is 0 Å². The van der Waals surface area contributed by atoms with Crippen LogP contribution < -0.4 is 5.32 Å². The van der Waals surface area contributed by atoms with Crippen molar-refractivity contribution in [2.24, 2.45) is 0 Å². The van der Waals surface area contributed by atoms with Gasteiger partial charge in [0, 0.05) is 6.20 Å². The van der Waals surface area contributed by atoms with Gasteiger partial charge in [-0.25, -0.2) is 0 Å². The topological polar surface area (TPSA) is 62.2 Å². The van der Waals surface area contributed by atoms with Crippen molar-refractivity contribution < 1.29 is 23.1 Å². The van der Waals surface area contributed by atoms with Gasteiger partial charge in [-0.3, -0.25) is 9.78 Å². The van der Waals surface area contributed by atoms with E-state index < -0.39 is 17.6 Å². The molecule has 110 valence electrons. The van der Waals surface area contributed by atoms with Gasteiger partial charge >= 0.3 is 6.18 Å². The first kappa shape index (κ1) is 15.1. The molecule has 1 heterocycles. The lowest BCUT2D eigenvalue weighted by molar-refractivity contribution is -0.137. The van der Waals surface area contributed by atoms with E-state index in [0.29, 0.717) is 0 Å². The van der Waals surface area contributed by atoms with Crippen molar-refractivity contribution in [3.8, 4) is 5.75 Å². The monoisotopic (exact) mass is 316 g/mol. The molecule has 0 fully saturated rings. The van der Waals surface area contributed by atoms with E-state index in [1.165, 1.54) is 12.3 Å². The first-order chi connectivity index (χ1) is 9.77. The second-order valence-electron chi connectivity index (χ2n) is 4.08. The smallest absolute Gasteiger partial charge is 0.416 e. The Labute approximate surface area is 122 Å². The minimum Gasteiger partial charge on any atom is -0.506 e. The number of nitrogens with zero attached hydrogens (tertiary/aromatic N) is 1. The maximum Gasteiger partial charge on any atom is 0.416 e. The lowest BCUT2D eigenvalue weighted by Crippen LogP contribution is -2.13. The van der Waals surface area contributed by atoms with Gasteiger partial charge in [-0.2, -0.15) is 13.2 Å². The molecule has 0 aliphatic heterocycles. The molecular formula is C13H8ClF3N2O2. The third-order valence-corrected chi connectivity index (χ3v) is 2.84. The molecule has 1 aromatic carbocycles. The molecule has 1 amide bonds. The first-order valence-electron chi connectivity index (χ1n) is 5.59. The van der Waals surface area contributed by atoms with Gasteiger partial charge in [0.25, 0.3) is 5.91 Å². The van der Waals surface area contributed by atoms with Gasteiger partial charge < -0.3 is 10.4 Å². The SMILES string of the molecule is O=C(Nc1ccc(C(F)(F)F)cc1Cl)c1cncc(O)c1. The van der Waals surface area contributed by atoms with Crippen LogP contribution in [0, 0.1) is 0 Å². The van der Waals surface area contributed by atoms with Crippen LogP contribution >= 0.6 is 11.6 Å². The summed E-state index contributed by atoms with van der Waals surface area (Å²) in [7, 11) is 0. The Bertz CT molecular complexity index is 689. The molecule has 2 rings (SSSR count). The molecular weight excluding hydrogens is 309 g/mol. The van der Waals surface area contributed by atoms with Gasteiger partial charge in [0.2, 0.25) is 0 Å². The van der Waals surface area contributed by atoms with Crippen molar-refractivity contribution in [3.05, 3.63) is 52.8 Å². The highest BCUT2D eigenvalue weighted by Crippen LogP contribution is 2.33. The maximum absolute atomic E-state index is 12.5. The van der Waals surface area contributed by atoms with Crippen molar-refractivity contribution in [2.75, 3.05) is 5.32 Å². The molecule has 0 saturated heterocycles. The molecule has 0 atom stereocenters. The van der Waals surface area contributed by atoms with E-state index in [2.05, 4.69) is 10.3 Å². The number of anilines is 1. The molecule has 21 heavy (non-hydrogen) atoms. The number of aromatic nitrogens is 1. The van der Waals surface area contributed by atoms with E-state index in [0.717, 1.165) is 24.4 Å². The highest BCUT2D eigenvalue weighted by Gasteiger charge is 2.31. The number of nitrogens with one attached hydrogen (secondary N) is 1. The quantitative estimate of drug-likeness (QED) is 0.887. The molecule has 8 heteroatoms. The molecule has 0 bridgehead atoms. The number of rotatable bonds is 2. The van der Waals surface area contributed by atoms with E-state index in [9.17, 15) is 23.1 Å². The average molecular weight is 317 g/mol. The molecule has 2 N–H and O–H groups in total. The number of pyridine rings is 1. The molecule has 0 aliphatic rings. The van der Waals surface area contributed by atoms with Gasteiger partial charge in [-0.1, -0.05) is 11.6 Å². The summed E-state index contributed by atoms with van der Waals surface area (Å²) in [5.41, 5.74) is -0.839. The summed E-state index contributed by atoms with van der Waals surface area (Å²) in [6, 6.07) is 3.75. The molecule has 0 unspecified atom stereocenters. The van der Waals surface area contributed by atoms with Crippen molar-refractivity contribution in [1.82, 2.24) is 4.98 Å². The van der Waals surface area contributed by atoms with Crippen LogP contribution in [0.4, 0.5) is 18.9 Å². The standard InChI is InChI=1S/C13H8ClF3N2O2/c14-10-4-8(13(15,16)17)1-2-11(10)19-12(21)7-3-9(20)6-18-5-7/h1-6,20H,(H,19,21). The molecule has 4 nitrogen and oxygen atoms in total. The predicted molar refractivity (Wildman–Crippen MR) is 70.3 cm³/mol. The Kier molecular flexibility index (Phi) is 4.04. The zero-order valence-electron chi connectivity index (χ0n) is 10.3.